The van der Waals surface area contributed by atoms with Gasteiger partial charge in [0.1, 0.15) is 12.4 Å². The van der Waals surface area contributed by atoms with Crippen LogP contribution in [0.5, 0.6) is 5.75 Å². The average Bonchev–Trinajstić information content (AvgIpc) is 2.87. The summed E-state index contributed by atoms with van der Waals surface area (Å²) in [5.74, 6) is 0.232. The number of rotatable bonds is 11. The van der Waals surface area contributed by atoms with Crippen LogP contribution in [0.3, 0.4) is 0 Å². The van der Waals surface area contributed by atoms with Crippen molar-refractivity contribution >= 4 is 34.8 Å². The van der Waals surface area contributed by atoms with E-state index in [9.17, 15) is 9.59 Å². The molecule has 0 saturated heterocycles. The predicted octanol–water partition coefficient (Wildman–Crippen LogP) is 4.74. The van der Waals surface area contributed by atoms with Gasteiger partial charge in [0.15, 0.2) is 0 Å². The number of aromatic nitrogens is 1. The molecule has 1 N–H and O–H groups in total. The van der Waals surface area contributed by atoms with E-state index in [1.165, 1.54) is 0 Å². The number of benzene rings is 2. The maximum atomic E-state index is 13.5. The van der Waals surface area contributed by atoms with Crippen molar-refractivity contribution in [1.29, 1.82) is 0 Å². The summed E-state index contributed by atoms with van der Waals surface area (Å²) in [4.78, 5) is 33.1. The summed E-state index contributed by atoms with van der Waals surface area (Å²) in [6.07, 6.45) is 3.64. The minimum atomic E-state index is -0.250. The minimum absolute atomic E-state index is 0.0203. The van der Waals surface area contributed by atoms with Crippen LogP contribution in [0.2, 0.25) is 5.02 Å². The zero-order valence-corrected chi connectivity index (χ0v) is 20.2. The molecule has 178 valence electrons. The first-order chi connectivity index (χ1) is 16.5. The van der Waals surface area contributed by atoms with Gasteiger partial charge in [0.05, 0.1) is 0 Å². The lowest BCUT2D eigenvalue weighted by atomic mass is 10.1. The number of hydrogen-bond donors (Lipinski definition) is 1. The fourth-order valence-corrected chi connectivity index (χ4v) is 3.51. The molecule has 2 amide bonds. The van der Waals surface area contributed by atoms with Gasteiger partial charge in [0.25, 0.3) is 5.91 Å². The Morgan fingerprint density at radius 1 is 1.06 bits per heavy atom. The van der Waals surface area contributed by atoms with Gasteiger partial charge in [-0.3, -0.25) is 14.6 Å². The summed E-state index contributed by atoms with van der Waals surface area (Å²) in [6.45, 7) is 3.74. The number of halogens is 1. The van der Waals surface area contributed by atoms with Crippen LogP contribution in [0.15, 0.2) is 73.1 Å². The minimum Gasteiger partial charge on any atom is -0.492 e. The number of ether oxygens (including phenoxy) is 1. The predicted molar refractivity (Wildman–Crippen MR) is 136 cm³/mol. The quantitative estimate of drug-likeness (QED) is 0.401. The summed E-state index contributed by atoms with van der Waals surface area (Å²) in [5, 5.41) is 3.64. The van der Waals surface area contributed by atoms with Crippen molar-refractivity contribution in [2.75, 3.05) is 43.5 Å². The molecule has 3 rings (SSSR count). The topological polar surface area (TPSA) is 74.8 Å². The molecule has 0 fully saturated rings. The number of pyridine rings is 1. The molecular formula is C26H29ClN4O3. The Labute approximate surface area is 205 Å². The first-order valence-electron chi connectivity index (χ1n) is 11.2. The van der Waals surface area contributed by atoms with Crippen molar-refractivity contribution < 1.29 is 14.3 Å². The molecule has 0 spiro atoms. The fourth-order valence-electron chi connectivity index (χ4n) is 3.29. The third-order valence-electron chi connectivity index (χ3n) is 5.26. The lowest BCUT2D eigenvalue weighted by Gasteiger charge is -2.24. The zero-order chi connectivity index (χ0) is 24.3. The number of hydrogen-bond acceptors (Lipinski definition) is 5. The summed E-state index contributed by atoms with van der Waals surface area (Å²) >= 11 is 6.31. The Morgan fingerprint density at radius 3 is 2.50 bits per heavy atom. The first-order valence-corrected chi connectivity index (χ1v) is 11.5. The smallest absolute Gasteiger partial charge is 0.258 e. The molecule has 0 bridgehead atoms. The normalized spacial score (nSPS) is 10.4. The maximum absolute atomic E-state index is 13.5. The van der Waals surface area contributed by atoms with Gasteiger partial charge in [-0.25, -0.2) is 0 Å². The number of para-hydroxylation sites is 1. The van der Waals surface area contributed by atoms with Crippen LogP contribution in [0.1, 0.15) is 23.7 Å². The van der Waals surface area contributed by atoms with E-state index in [4.69, 9.17) is 16.3 Å². The van der Waals surface area contributed by atoms with Crippen molar-refractivity contribution in [3.8, 4) is 5.75 Å². The van der Waals surface area contributed by atoms with Crippen molar-refractivity contribution in [2.24, 2.45) is 0 Å². The van der Waals surface area contributed by atoms with E-state index >= 15 is 0 Å². The van der Waals surface area contributed by atoms with E-state index in [0.29, 0.717) is 41.7 Å². The van der Waals surface area contributed by atoms with Crippen LogP contribution in [-0.2, 0) is 4.79 Å². The zero-order valence-electron chi connectivity index (χ0n) is 19.4. The van der Waals surface area contributed by atoms with Crippen LogP contribution in [0, 0.1) is 0 Å². The van der Waals surface area contributed by atoms with Gasteiger partial charge in [-0.05, 0) is 49.4 Å². The Kier molecular flexibility index (Phi) is 9.29. The summed E-state index contributed by atoms with van der Waals surface area (Å²) in [7, 11) is 1.75. The van der Waals surface area contributed by atoms with Gasteiger partial charge in [-0.1, -0.05) is 29.8 Å². The van der Waals surface area contributed by atoms with E-state index in [-0.39, 0.29) is 24.8 Å². The van der Waals surface area contributed by atoms with Crippen molar-refractivity contribution in [1.82, 2.24) is 9.88 Å². The molecular weight excluding hydrogens is 452 g/mol. The second-order valence-electron chi connectivity index (χ2n) is 7.64. The third-order valence-corrected chi connectivity index (χ3v) is 5.48. The Balaban J connectivity index is 1.71. The number of amides is 2. The molecule has 3 aromatic rings. The summed E-state index contributed by atoms with van der Waals surface area (Å²) in [6, 6.07) is 18.0. The highest BCUT2D eigenvalue weighted by Gasteiger charge is 2.21. The van der Waals surface area contributed by atoms with Crippen molar-refractivity contribution in [3.63, 3.8) is 0 Å². The molecule has 0 unspecified atom stereocenters. The lowest BCUT2D eigenvalue weighted by molar-refractivity contribution is -0.129. The first kappa shape index (κ1) is 25.1. The molecule has 1 aromatic heterocycles. The van der Waals surface area contributed by atoms with Crippen LogP contribution in [0.4, 0.5) is 11.4 Å². The number of carbonyl (C=O) groups excluding carboxylic acids is 2. The second kappa shape index (κ2) is 12.6. The van der Waals surface area contributed by atoms with Gasteiger partial charge in [-0.15, -0.1) is 0 Å². The average molecular weight is 481 g/mol. The number of nitrogens with one attached hydrogen (secondary N) is 1. The van der Waals surface area contributed by atoms with Gasteiger partial charge < -0.3 is 19.9 Å². The molecule has 2 aromatic carbocycles. The fraction of sp³-hybridized carbons (Fsp3) is 0.269. The highest BCUT2D eigenvalue weighted by Crippen LogP contribution is 2.24. The highest BCUT2D eigenvalue weighted by molar-refractivity contribution is 6.31. The summed E-state index contributed by atoms with van der Waals surface area (Å²) < 4.78 is 5.83. The van der Waals surface area contributed by atoms with Gasteiger partial charge in [0, 0.05) is 67.5 Å². The Hall–Kier alpha value is -3.58. The largest absolute Gasteiger partial charge is 0.492 e. The Bertz CT molecular complexity index is 1080. The van der Waals surface area contributed by atoms with E-state index in [2.05, 4.69) is 10.3 Å². The molecule has 1 heterocycles. The van der Waals surface area contributed by atoms with Crippen LogP contribution in [-0.4, -0.2) is 55.0 Å². The van der Waals surface area contributed by atoms with E-state index < -0.39 is 0 Å². The molecule has 0 saturated carbocycles. The second-order valence-corrected chi connectivity index (χ2v) is 8.07. The third kappa shape index (κ3) is 7.22. The lowest BCUT2D eigenvalue weighted by Crippen LogP contribution is -2.36. The van der Waals surface area contributed by atoms with Crippen LogP contribution < -0.4 is 15.0 Å². The van der Waals surface area contributed by atoms with Gasteiger partial charge in [0.2, 0.25) is 5.91 Å². The van der Waals surface area contributed by atoms with Gasteiger partial charge in [-0.2, -0.15) is 0 Å². The van der Waals surface area contributed by atoms with E-state index in [1.807, 2.05) is 49.4 Å². The van der Waals surface area contributed by atoms with E-state index in [0.717, 1.165) is 5.69 Å². The molecule has 0 aliphatic heterocycles. The van der Waals surface area contributed by atoms with Gasteiger partial charge >= 0.3 is 0 Å². The highest BCUT2D eigenvalue weighted by atomic mass is 35.5. The van der Waals surface area contributed by atoms with Crippen LogP contribution >= 0.6 is 11.6 Å². The number of carbonyl (C=O) groups is 2. The maximum Gasteiger partial charge on any atom is 0.258 e. The molecule has 8 heteroatoms. The standard InChI is InChI=1S/C26H29ClN4O3/c1-3-30(2)25(32)11-15-31(23-7-5-4-6-8-23)26(33)20-17-21(27)19-24(18-20)34-16-14-29-22-9-12-28-13-10-22/h4-10,12-13,17-19H,3,11,14-16H2,1-2H3,(H,28,29). The van der Waals surface area contributed by atoms with E-state index in [1.54, 1.807) is 47.4 Å². The van der Waals surface area contributed by atoms with Crippen LogP contribution in [0.25, 0.3) is 0 Å². The molecule has 0 atom stereocenters. The van der Waals surface area contributed by atoms with Crippen molar-refractivity contribution in [2.45, 2.75) is 13.3 Å². The van der Waals surface area contributed by atoms with Crippen molar-refractivity contribution in [3.05, 3.63) is 83.6 Å². The Morgan fingerprint density at radius 2 is 1.79 bits per heavy atom. The molecule has 7 nitrogen and oxygen atoms in total. The molecule has 0 aliphatic rings. The molecule has 34 heavy (non-hydrogen) atoms. The molecule has 0 aliphatic carbocycles. The summed E-state index contributed by atoms with van der Waals surface area (Å²) in [5.41, 5.74) is 2.05. The molecule has 0 radical (unpaired) electrons. The number of nitrogens with zero attached hydrogens (tertiary/aromatic N) is 3. The monoisotopic (exact) mass is 480 g/mol. The SMILES string of the molecule is CCN(C)C(=O)CCN(C(=O)c1cc(Cl)cc(OCCNc2ccncc2)c1)c1ccccc1. The number of anilines is 2.